The average molecular weight is 395 g/mol. The second kappa shape index (κ2) is 9.96. The lowest BCUT2D eigenvalue weighted by atomic mass is 10.1. The van der Waals surface area contributed by atoms with Gasteiger partial charge in [-0.05, 0) is 44.4 Å². The van der Waals surface area contributed by atoms with Crippen molar-refractivity contribution in [2.75, 3.05) is 38.2 Å². The summed E-state index contributed by atoms with van der Waals surface area (Å²) in [5.74, 6) is 1.55. The molecule has 1 aliphatic heterocycles. The summed E-state index contributed by atoms with van der Waals surface area (Å²) in [5, 5.41) is 6.68. The Morgan fingerprint density at radius 3 is 2.59 bits per heavy atom. The summed E-state index contributed by atoms with van der Waals surface area (Å²) in [5.41, 5.74) is 4.76. The highest BCUT2D eigenvalue weighted by Crippen LogP contribution is 2.31. The minimum atomic E-state index is -0.000319. The molecule has 6 nitrogen and oxygen atoms in total. The number of ether oxygens (including phenoxy) is 1. The quantitative estimate of drug-likeness (QED) is 0.431. The predicted octanol–water partition coefficient (Wildman–Crippen LogP) is 2.83. The first-order valence-electron chi connectivity index (χ1n) is 10.1. The Labute approximate surface area is 173 Å². The van der Waals surface area contributed by atoms with Gasteiger partial charge in [0.2, 0.25) is 0 Å². The maximum absolute atomic E-state index is 12.2. The summed E-state index contributed by atoms with van der Waals surface area (Å²) in [4.78, 5) is 18.3. The molecule has 154 valence electrons. The smallest absolute Gasteiger partial charge is 0.265 e. The van der Waals surface area contributed by atoms with E-state index in [0.717, 1.165) is 43.3 Å². The van der Waals surface area contributed by atoms with Crippen molar-refractivity contribution >= 4 is 17.6 Å². The SMILES string of the molecule is CN=C(NCCCN1C(=O)COc2ccccc21)NCCc1cc(C)cc(C)c1. The van der Waals surface area contributed by atoms with Gasteiger partial charge in [0.25, 0.3) is 5.91 Å². The number of guanidine groups is 1. The molecule has 0 unspecified atom stereocenters. The fourth-order valence-electron chi connectivity index (χ4n) is 3.60. The number of para-hydroxylation sites is 2. The summed E-state index contributed by atoms with van der Waals surface area (Å²) in [6.45, 7) is 6.55. The van der Waals surface area contributed by atoms with Crippen LogP contribution in [-0.4, -0.2) is 45.2 Å². The van der Waals surface area contributed by atoms with Crippen LogP contribution < -0.4 is 20.3 Å². The molecule has 1 aliphatic rings. The second-order valence-electron chi connectivity index (χ2n) is 7.33. The molecule has 6 heteroatoms. The van der Waals surface area contributed by atoms with Gasteiger partial charge >= 0.3 is 0 Å². The van der Waals surface area contributed by atoms with Gasteiger partial charge in [-0.15, -0.1) is 0 Å². The molecular formula is C23H30N4O2. The average Bonchev–Trinajstić information content (AvgIpc) is 2.70. The van der Waals surface area contributed by atoms with Crippen molar-refractivity contribution in [1.29, 1.82) is 0 Å². The Morgan fingerprint density at radius 1 is 1.10 bits per heavy atom. The van der Waals surface area contributed by atoms with Crippen molar-refractivity contribution in [3.63, 3.8) is 0 Å². The number of fused-ring (bicyclic) bond motifs is 1. The van der Waals surface area contributed by atoms with Gasteiger partial charge in [0.05, 0.1) is 5.69 Å². The molecule has 29 heavy (non-hydrogen) atoms. The molecule has 0 saturated carbocycles. The van der Waals surface area contributed by atoms with Crippen molar-refractivity contribution < 1.29 is 9.53 Å². The molecule has 2 N–H and O–H groups in total. The molecule has 0 spiro atoms. The molecule has 0 radical (unpaired) electrons. The second-order valence-corrected chi connectivity index (χ2v) is 7.33. The number of nitrogens with zero attached hydrogens (tertiary/aromatic N) is 2. The minimum Gasteiger partial charge on any atom is -0.482 e. The molecule has 2 aromatic rings. The molecule has 0 aromatic heterocycles. The van der Waals surface area contributed by atoms with Gasteiger partial charge in [0.1, 0.15) is 5.75 Å². The Morgan fingerprint density at radius 2 is 1.83 bits per heavy atom. The van der Waals surface area contributed by atoms with Crippen LogP contribution in [0, 0.1) is 13.8 Å². The van der Waals surface area contributed by atoms with Crippen LogP contribution in [0.1, 0.15) is 23.1 Å². The fraction of sp³-hybridized carbons (Fsp3) is 0.391. The highest BCUT2D eigenvalue weighted by Gasteiger charge is 2.24. The van der Waals surface area contributed by atoms with E-state index >= 15 is 0 Å². The van der Waals surface area contributed by atoms with E-state index in [1.165, 1.54) is 16.7 Å². The minimum absolute atomic E-state index is 0.000319. The van der Waals surface area contributed by atoms with Crippen molar-refractivity contribution in [2.24, 2.45) is 4.99 Å². The van der Waals surface area contributed by atoms with Gasteiger partial charge in [-0.1, -0.05) is 41.5 Å². The van der Waals surface area contributed by atoms with Crippen LogP contribution in [0.2, 0.25) is 0 Å². The fourth-order valence-corrected chi connectivity index (χ4v) is 3.60. The number of benzene rings is 2. The Balaban J connectivity index is 1.42. The van der Waals surface area contributed by atoms with Crippen molar-refractivity contribution in [2.45, 2.75) is 26.7 Å². The van der Waals surface area contributed by atoms with Crippen LogP contribution in [0.3, 0.4) is 0 Å². The van der Waals surface area contributed by atoms with Crippen LogP contribution in [-0.2, 0) is 11.2 Å². The predicted molar refractivity (Wildman–Crippen MR) is 118 cm³/mol. The van der Waals surface area contributed by atoms with Gasteiger partial charge in [-0.25, -0.2) is 0 Å². The molecular weight excluding hydrogens is 364 g/mol. The largest absolute Gasteiger partial charge is 0.482 e. The molecule has 0 atom stereocenters. The zero-order valence-corrected chi connectivity index (χ0v) is 17.5. The third kappa shape index (κ3) is 5.73. The molecule has 2 aromatic carbocycles. The summed E-state index contributed by atoms with van der Waals surface area (Å²) in [6, 6.07) is 14.3. The van der Waals surface area contributed by atoms with Crippen molar-refractivity contribution in [3.8, 4) is 5.75 Å². The number of aliphatic imine (C=N–C) groups is 1. The number of hydrogen-bond donors (Lipinski definition) is 2. The number of rotatable bonds is 7. The van der Waals surface area contributed by atoms with Gasteiger partial charge in [0.15, 0.2) is 12.6 Å². The van der Waals surface area contributed by atoms with Crippen LogP contribution in [0.5, 0.6) is 5.75 Å². The maximum atomic E-state index is 12.2. The number of aryl methyl sites for hydroxylation is 2. The highest BCUT2D eigenvalue weighted by molar-refractivity contribution is 5.97. The molecule has 0 saturated heterocycles. The summed E-state index contributed by atoms with van der Waals surface area (Å²) >= 11 is 0. The monoisotopic (exact) mass is 394 g/mol. The first-order chi connectivity index (χ1) is 14.1. The molecule has 1 heterocycles. The van der Waals surface area contributed by atoms with Crippen LogP contribution in [0.15, 0.2) is 47.5 Å². The zero-order valence-electron chi connectivity index (χ0n) is 17.5. The summed E-state index contributed by atoms with van der Waals surface area (Å²) in [7, 11) is 1.77. The van der Waals surface area contributed by atoms with E-state index in [4.69, 9.17) is 4.74 Å². The summed E-state index contributed by atoms with van der Waals surface area (Å²) in [6.07, 6.45) is 1.76. The van der Waals surface area contributed by atoms with Gasteiger partial charge in [-0.3, -0.25) is 9.79 Å². The first kappa shape index (κ1) is 20.7. The van der Waals surface area contributed by atoms with E-state index in [1.54, 1.807) is 11.9 Å². The molecule has 0 fully saturated rings. The van der Waals surface area contributed by atoms with Crippen molar-refractivity contribution in [1.82, 2.24) is 10.6 Å². The van der Waals surface area contributed by atoms with E-state index in [9.17, 15) is 4.79 Å². The van der Waals surface area contributed by atoms with E-state index < -0.39 is 0 Å². The Hall–Kier alpha value is -3.02. The summed E-state index contributed by atoms with van der Waals surface area (Å²) < 4.78 is 5.49. The highest BCUT2D eigenvalue weighted by atomic mass is 16.5. The lowest BCUT2D eigenvalue weighted by Crippen LogP contribution is -2.42. The normalized spacial score (nSPS) is 13.7. The van der Waals surface area contributed by atoms with Crippen LogP contribution >= 0.6 is 0 Å². The topological polar surface area (TPSA) is 66.0 Å². The number of anilines is 1. The lowest BCUT2D eigenvalue weighted by molar-refractivity contribution is -0.121. The Bertz CT molecular complexity index is 859. The molecule has 3 rings (SSSR count). The number of hydrogen-bond acceptors (Lipinski definition) is 3. The van der Waals surface area contributed by atoms with Gasteiger partial charge in [-0.2, -0.15) is 0 Å². The standard InChI is InChI=1S/C23H30N4O2/c1-17-13-18(2)15-19(14-17)9-11-26-23(24-3)25-10-6-12-27-20-7-4-5-8-21(20)29-16-22(27)28/h4-5,7-8,13-15H,6,9-12,16H2,1-3H3,(H2,24,25,26). The number of carbonyl (C=O) groups is 1. The van der Waals surface area contributed by atoms with E-state index in [0.29, 0.717) is 6.54 Å². The molecule has 0 bridgehead atoms. The van der Waals surface area contributed by atoms with Crippen molar-refractivity contribution in [3.05, 3.63) is 59.2 Å². The number of nitrogens with one attached hydrogen (secondary N) is 2. The lowest BCUT2D eigenvalue weighted by Gasteiger charge is -2.29. The van der Waals surface area contributed by atoms with Crippen LogP contribution in [0.4, 0.5) is 5.69 Å². The van der Waals surface area contributed by atoms with E-state index in [1.807, 2.05) is 24.3 Å². The van der Waals surface area contributed by atoms with E-state index in [-0.39, 0.29) is 12.5 Å². The maximum Gasteiger partial charge on any atom is 0.265 e. The third-order valence-electron chi connectivity index (χ3n) is 4.87. The van der Waals surface area contributed by atoms with Crippen LogP contribution in [0.25, 0.3) is 0 Å². The first-order valence-corrected chi connectivity index (χ1v) is 10.1. The molecule has 0 aliphatic carbocycles. The van der Waals surface area contributed by atoms with Gasteiger partial charge in [0, 0.05) is 26.7 Å². The third-order valence-corrected chi connectivity index (χ3v) is 4.87. The van der Waals surface area contributed by atoms with E-state index in [2.05, 4.69) is 47.7 Å². The molecule has 1 amide bonds. The van der Waals surface area contributed by atoms with Gasteiger partial charge < -0.3 is 20.3 Å². The number of carbonyl (C=O) groups excluding carboxylic acids is 1. The Kier molecular flexibility index (Phi) is 7.11. The number of amides is 1. The zero-order chi connectivity index (χ0) is 20.6.